The van der Waals surface area contributed by atoms with Crippen LogP contribution in [-0.4, -0.2) is 16.3 Å². The lowest BCUT2D eigenvalue weighted by atomic mass is 9.97. The average molecular weight is 292 g/mol. The largest absolute Gasteiger partial charge is 0.310 e. The van der Waals surface area contributed by atoms with E-state index in [0.29, 0.717) is 0 Å². The molecule has 1 N–H and O–H groups in total. The van der Waals surface area contributed by atoms with Gasteiger partial charge < -0.3 is 5.32 Å². The zero-order valence-electron chi connectivity index (χ0n) is 12.6. The van der Waals surface area contributed by atoms with Crippen molar-refractivity contribution in [2.75, 3.05) is 6.54 Å². The summed E-state index contributed by atoms with van der Waals surface area (Å²) in [5.74, 6) is 0. The van der Waals surface area contributed by atoms with Crippen molar-refractivity contribution < 1.29 is 0 Å². The Labute approximate surface area is 126 Å². The zero-order valence-corrected chi connectivity index (χ0v) is 13.3. The van der Waals surface area contributed by atoms with E-state index in [-0.39, 0.29) is 6.04 Å². The van der Waals surface area contributed by atoms with Crippen LogP contribution in [0, 0.1) is 13.8 Å². The lowest BCUT2D eigenvalue weighted by Gasteiger charge is -2.20. The first kappa shape index (κ1) is 15.1. The van der Waals surface area contributed by atoms with Gasteiger partial charge in [0, 0.05) is 30.2 Å². The Hall–Kier alpha value is -1.32. The average Bonchev–Trinajstić information content (AvgIpc) is 2.67. The van der Waals surface area contributed by atoms with Crippen LogP contribution >= 0.6 is 11.6 Å². The number of aromatic nitrogens is 2. The summed E-state index contributed by atoms with van der Waals surface area (Å²) in [5, 5.41) is 8.77. The predicted octanol–water partition coefficient (Wildman–Crippen LogP) is 3.58. The van der Waals surface area contributed by atoms with Gasteiger partial charge in [-0.15, -0.1) is 0 Å². The maximum atomic E-state index is 6.05. The number of likely N-dealkylation sites (N-methyl/N-ethyl adjacent to an activating group) is 1. The Balaban J connectivity index is 2.29. The van der Waals surface area contributed by atoms with E-state index in [1.54, 1.807) is 0 Å². The van der Waals surface area contributed by atoms with Gasteiger partial charge in [0.05, 0.1) is 5.69 Å². The molecule has 2 rings (SSSR count). The van der Waals surface area contributed by atoms with Crippen LogP contribution in [0.4, 0.5) is 0 Å². The number of nitrogens with one attached hydrogen (secondary N) is 1. The van der Waals surface area contributed by atoms with Gasteiger partial charge in [0.15, 0.2) is 0 Å². The Morgan fingerprint density at radius 3 is 2.60 bits per heavy atom. The fourth-order valence-corrected chi connectivity index (χ4v) is 2.86. The molecule has 0 aliphatic heterocycles. The minimum absolute atomic E-state index is 0.284. The first-order chi connectivity index (χ1) is 9.51. The van der Waals surface area contributed by atoms with Crippen molar-refractivity contribution in [1.29, 1.82) is 0 Å². The Morgan fingerprint density at radius 2 is 2.05 bits per heavy atom. The molecule has 0 spiro atoms. The number of nitrogens with zero attached hydrogens (tertiary/aromatic N) is 2. The van der Waals surface area contributed by atoms with Crippen LogP contribution in [0.3, 0.4) is 0 Å². The third-order valence-corrected chi connectivity index (χ3v) is 3.81. The minimum Gasteiger partial charge on any atom is -0.310 e. The molecular formula is C16H22ClN3. The molecule has 1 unspecified atom stereocenters. The van der Waals surface area contributed by atoms with E-state index in [0.717, 1.165) is 23.7 Å². The van der Waals surface area contributed by atoms with Crippen LogP contribution < -0.4 is 5.32 Å². The van der Waals surface area contributed by atoms with E-state index >= 15 is 0 Å². The molecule has 20 heavy (non-hydrogen) atoms. The second kappa shape index (κ2) is 6.42. The minimum atomic E-state index is 0.284. The molecule has 4 heteroatoms. The van der Waals surface area contributed by atoms with Crippen molar-refractivity contribution in [2.45, 2.75) is 33.2 Å². The van der Waals surface area contributed by atoms with Crippen molar-refractivity contribution in [3.63, 3.8) is 0 Å². The van der Waals surface area contributed by atoms with Crippen LogP contribution in [-0.2, 0) is 13.5 Å². The van der Waals surface area contributed by atoms with Gasteiger partial charge in [-0.3, -0.25) is 4.68 Å². The summed E-state index contributed by atoms with van der Waals surface area (Å²) in [5.41, 5.74) is 4.82. The highest BCUT2D eigenvalue weighted by molar-refractivity contribution is 6.30. The summed E-state index contributed by atoms with van der Waals surface area (Å²) >= 11 is 6.05. The fraction of sp³-hybridized carbons (Fsp3) is 0.438. The Morgan fingerprint density at radius 1 is 1.30 bits per heavy atom. The number of benzene rings is 1. The quantitative estimate of drug-likeness (QED) is 0.912. The van der Waals surface area contributed by atoms with Gasteiger partial charge in [0.2, 0.25) is 0 Å². The molecule has 1 atom stereocenters. The monoisotopic (exact) mass is 291 g/mol. The maximum absolute atomic E-state index is 6.05. The molecule has 0 bridgehead atoms. The summed E-state index contributed by atoms with van der Waals surface area (Å²) in [7, 11) is 2.00. The third kappa shape index (κ3) is 3.41. The molecule has 0 radical (unpaired) electrons. The summed E-state index contributed by atoms with van der Waals surface area (Å²) in [6, 6.07) is 8.54. The number of aryl methyl sites for hydroxylation is 3. The molecule has 1 aromatic carbocycles. The molecule has 108 valence electrons. The molecular weight excluding hydrogens is 270 g/mol. The lowest BCUT2D eigenvalue weighted by molar-refractivity contribution is 0.526. The fourth-order valence-electron chi connectivity index (χ4n) is 2.63. The third-order valence-electron chi connectivity index (χ3n) is 3.57. The summed E-state index contributed by atoms with van der Waals surface area (Å²) in [6.07, 6.45) is 0.924. The Bertz CT molecular complexity index is 589. The molecule has 0 aliphatic rings. The van der Waals surface area contributed by atoms with Crippen LogP contribution in [0.25, 0.3) is 0 Å². The number of hydrogen-bond acceptors (Lipinski definition) is 2. The van der Waals surface area contributed by atoms with Gasteiger partial charge >= 0.3 is 0 Å². The van der Waals surface area contributed by atoms with Gasteiger partial charge in [-0.2, -0.15) is 5.10 Å². The molecule has 1 heterocycles. The van der Waals surface area contributed by atoms with Gasteiger partial charge in [-0.1, -0.05) is 24.6 Å². The van der Waals surface area contributed by atoms with Crippen molar-refractivity contribution in [3.8, 4) is 0 Å². The molecule has 0 saturated heterocycles. The highest BCUT2D eigenvalue weighted by Gasteiger charge is 2.16. The molecule has 2 aromatic rings. The predicted molar refractivity (Wildman–Crippen MR) is 84.3 cm³/mol. The van der Waals surface area contributed by atoms with E-state index < -0.39 is 0 Å². The van der Waals surface area contributed by atoms with Crippen molar-refractivity contribution >= 4 is 11.6 Å². The van der Waals surface area contributed by atoms with E-state index in [4.69, 9.17) is 11.6 Å². The van der Waals surface area contributed by atoms with Crippen LogP contribution in [0.15, 0.2) is 24.3 Å². The molecule has 1 aromatic heterocycles. The smallest absolute Gasteiger partial charge is 0.0596 e. The molecule has 3 nitrogen and oxygen atoms in total. The van der Waals surface area contributed by atoms with Gasteiger partial charge in [0.1, 0.15) is 0 Å². The van der Waals surface area contributed by atoms with Gasteiger partial charge in [-0.05, 0) is 49.7 Å². The maximum Gasteiger partial charge on any atom is 0.0596 e. The highest BCUT2D eigenvalue weighted by Crippen LogP contribution is 2.24. The van der Waals surface area contributed by atoms with Crippen LogP contribution in [0.5, 0.6) is 0 Å². The standard InChI is InChI=1S/C16H22ClN3/c1-5-18-16(10-14-9-12(3)19-20(14)4)15-7-6-13(17)8-11(15)2/h6-9,16,18H,5,10H2,1-4H3. The van der Waals surface area contributed by atoms with Crippen molar-refractivity contribution in [1.82, 2.24) is 15.1 Å². The molecule has 0 saturated carbocycles. The van der Waals surface area contributed by atoms with E-state index in [2.05, 4.69) is 36.4 Å². The van der Waals surface area contributed by atoms with Crippen molar-refractivity contribution in [2.24, 2.45) is 7.05 Å². The molecule has 0 amide bonds. The Kier molecular flexibility index (Phi) is 4.84. The summed E-state index contributed by atoms with van der Waals surface area (Å²) in [6.45, 7) is 7.20. The van der Waals surface area contributed by atoms with E-state index in [9.17, 15) is 0 Å². The normalized spacial score (nSPS) is 12.7. The second-order valence-corrected chi connectivity index (χ2v) is 5.65. The number of rotatable bonds is 5. The number of halogens is 1. The first-order valence-electron chi connectivity index (χ1n) is 7.00. The van der Waals surface area contributed by atoms with E-state index in [1.165, 1.54) is 16.8 Å². The zero-order chi connectivity index (χ0) is 14.7. The SMILES string of the molecule is CCNC(Cc1cc(C)nn1C)c1ccc(Cl)cc1C. The summed E-state index contributed by atoms with van der Waals surface area (Å²) < 4.78 is 1.96. The van der Waals surface area contributed by atoms with Gasteiger partial charge in [-0.25, -0.2) is 0 Å². The number of hydrogen-bond donors (Lipinski definition) is 1. The molecule has 0 fully saturated rings. The second-order valence-electron chi connectivity index (χ2n) is 5.22. The van der Waals surface area contributed by atoms with Crippen LogP contribution in [0.1, 0.15) is 35.5 Å². The lowest BCUT2D eigenvalue weighted by Crippen LogP contribution is -2.24. The van der Waals surface area contributed by atoms with Gasteiger partial charge in [0.25, 0.3) is 0 Å². The summed E-state index contributed by atoms with van der Waals surface area (Å²) in [4.78, 5) is 0. The van der Waals surface area contributed by atoms with Crippen molar-refractivity contribution in [3.05, 3.63) is 51.8 Å². The highest BCUT2D eigenvalue weighted by atomic mass is 35.5. The molecule has 0 aliphatic carbocycles. The topological polar surface area (TPSA) is 29.9 Å². The van der Waals surface area contributed by atoms with E-state index in [1.807, 2.05) is 30.8 Å². The first-order valence-corrected chi connectivity index (χ1v) is 7.38. The van der Waals surface area contributed by atoms with Crippen LogP contribution in [0.2, 0.25) is 5.02 Å².